The molecule has 0 aliphatic heterocycles. The fourth-order valence-electron chi connectivity index (χ4n) is 3.37. The van der Waals surface area contributed by atoms with Crippen LogP contribution in [0.4, 0.5) is 5.13 Å². The zero-order valence-electron chi connectivity index (χ0n) is 17.6. The van der Waals surface area contributed by atoms with E-state index in [4.69, 9.17) is 4.42 Å². The lowest BCUT2D eigenvalue weighted by atomic mass is 10.2. The summed E-state index contributed by atoms with van der Waals surface area (Å²) in [4.78, 5) is 32.6. The van der Waals surface area contributed by atoms with Crippen LogP contribution in [0.5, 0.6) is 0 Å². The molecule has 0 aliphatic carbocycles. The van der Waals surface area contributed by atoms with Gasteiger partial charge in [-0.1, -0.05) is 12.1 Å². The van der Waals surface area contributed by atoms with Gasteiger partial charge in [-0.05, 0) is 48.5 Å². The number of anilines is 1. The third-order valence-electron chi connectivity index (χ3n) is 5.01. The highest BCUT2D eigenvalue weighted by Crippen LogP contribution is 2.27. The molecular formula is C24H19N5O3S. The van der Waals surface area contributed by atoms with Gasteiger partial charge in [-0.3, -0.25) is 19.5 Å². The molecule has 0 saturated carbocycles. The maximum Gasteiger partial charge on any atom is 0.257 e. The van der Waals surface area contributed by atoms with Crippen LogP contribution in [0.15, 0.2) is 76.8 Å². The number of fused-ring (bicyclic) bond motifs is 1. The number of para-hydroxylation sites is 2. The van der Waals surface area contributed by atoms with Gasteiger partial charge in [0, 0.05) is 23.6 Å². The van der Waals surface area contributed by atoms with E-state index >= 15 is 0 Å². The van der Waals surface area contributed by atoms with Crippen molar-refractivity contribution in [1.82, 2.24) is 19.9 Å². The van der Waals surface area contributed by atoms with Crippen molar-refractivity contribution in [1.29, 1.82) is 0 Å². The fourth-order valence-corrected chi connectivity index (χ4v) is 4.07. The van der Waals surface area contributed by atoms with Gasteiger partial charge in [-0.2, -0.15) is 0 Å². The molecule has 0 unspecified atom stereocenters. The van der Waals surface area contributed by atoms with Gasteiger partial charge in [0.2, 0.25) is 5.91 Å². The number of amides is 2. The molecule has 9 heteroatoms. The van der Waals surface area contributed by atoms with Gasteiger partial charge in [-0.25, -0.2) is 9.97 Å². The topological polar surface area (TPSA) is 102 Å². The first-order chi connectivity index (χ1) is 16.1. The largest absolute Gasteiger partial charge is 0.458 e. The summed E-state index contributed by atoms with van der Waals surface area (Å²) < 4.78 is 7.69. The van der Waals surface area contributed by atoms with Crippen molar-refractivity contribution in [2.24, 2.45) is 0 Å². The van der Waals surface area contributed by atoms with Gasteiger partial charge in [0.25, 0.3) is 5.91 Å². The normalized spacial score (nSPS) is 10.9. The van der Waals surface area contributed by atoms with Gasteiger partial charge in [0.15, 0.2) is 10.9 Å². The number of furan rings is 1. The minimum atomic E-state index is -0.247. The summed E-state index contributed by atoms with van der Waals surface area (Å²) in [6.45, 7) is 1.76. The molecule has 0 bridgehead atoms. The molecule has 0 spiro atoms. The molecule has 0 fully saturated rings. The lowest BCUT2D eigenvalue weighted by Gasteiger charge is -2.06. The molecule has 0 saturated heterocycles. The second-order valence-electron chi connectivity index (χ2n) is 7.32. The number of thiazole rings is 1. The highest BCUT2D eigenvalue weighted by Gasteiger charge is 2.13. The van der Waals surface area contributed by atoms with E-state index in [0.717, 1.165) is 16.7 Å². The zero-order chi connectivity index (χ0) is 22.8. The van der Waals surface area contributed by atoms with Crippen molar-refractivity contribution in [2.45, 2.75) is 13.5 Å². The number of nitrogens with zero attached hydrogens (tertiary/aromatic N) is 3. The molecule has 8 nitrogen and oxygen atoms in total. The summed E-state index contributed by atoms with van der Waals surface area (Å²) in [6, 6.07) is 18.8. The summed E-state index contributed by atoms with van der Waals surface area (Å²) in [7, 11) is 0. The van der Waals surface area contributed by atoms with Crippen molar-refractivity contribution in [2.75, 3.05) is 5.32 Å². The van der Waals surface area contributed by atoms with Crippen LogP contribution in [-0.2, 0) is 11.3 Å². The maximum atomic E-state index is 12.7. The lowest BCUT2D eigenvalue weighted by molar-refractivity contribution is -0.119. The Morgan fingerprint density at radius 2 is 1.88 bits per heavy atom. The Labute approximate surface area is 192 Å². The predicted octanol–water partition coefficient (Wildman–Crippen LogP) is 4.63. The molecule has 5 aromatic rings. The Bertz CT molecular complexity index is 1450. The number of aromatic nitrogens is 3. The Morgan fingerprint density at radius 3 is 2.70 bits per heavy atom. The number of benzene rings is 2. The molecule has 2 N–H and O–H groups in total. The molecule has 0 aliphatic rings. The first-order valence-corrected chi connectivity index (χ1v) is 11.1. The minimum Gasteiger partial charge on any atom is -0.458 e. The molecule has 5 rings (SSSR count). The molecule has 3 aromatic heterocycles. The predicted molar refractivity (Wildman–Crippen MR) is 126 cm³/mol. The summed E-state index contributed by atoms with van der Waals surface area (Å²) in [5.41, 5.74) is 3.98. The standard InChI is InChI=1S/C24H19N5O3S/c1-15(30)25-12-18-10-11-22(32-18)20-13-33-24(27-20)28-23(31)16-6-8-17(9-7-16)29-14-26-19-4-2-3-5-21(19)29/h2-11,13-14H,12H2,1H3,(H,25,30)(H,27,28,31). The van der Waals surface area contributed by atoms with E-state index in [9.17, 15) is 9.59 Å². The van der Waals surface area contributed by atoms with E-state index in [-0.39, 0.29) is 11.8 Å². The second kappa shape index (κ2) is 8.71. The number of imidazole rings is 1. The average Bonchev–Trinajstić information content (AvgIpc) is 3.57. The summed E-state index contributed by atoms with van der Waals surface area (Å²) in [5, 5.41) is 7.80. The van der Waals surface area contributed by atoms with Crippen molar-refractivity contribution >= 4 is 39.3 Å². The van der Waals surface area contributed by atoms with Crippen LogP contribution in [0.2, 0.25) is 0 Å². The summed E-state index contributed by atoms with van der Waals surface area (Å²) in [5.74, 6) is 0.829. The Balaban J connectivity index is 1.27. The number of hydrogen-bond acceptors (Lipinski definition) is 6. The van der Waals surface area contributed by atoms with Crippen LogP contribution in [0.25, 0.3) is 28.2 Å². The lowest BCUT2D eigenvalue weighted by Crippen LogP contribution is -2.18. The summed E-state index contributed by atoms with van der Waals surface area (Å²) in [6.07, 6.45) is 1.77. The molecule has 0 radical (unpaired) electrons. The first kappa shape index (κ1) is 20.7. The van der Waals surface area contributed by atoms with Crippen molar-refractivity contribution < 1.29 is 14.0 Å². The third kappa shape index (κ3) is 4.39. The van der Waals surface area contributed by atoms with E-state index in [2.05, 4.69) is 20.6 Å². The first-order valence-electron chi connectivity index (χ1n) is 10.2. The highest BCUT2D eigenvalue weighted by molar-refractivity contribution is 7.14. The molecule has 2 aromatic carbocycles. The van der Waals surface area contributed by atoms with E-state index in [1.807, 2.05) is 46.3 Å². The fraction of sp³-hybridized carbons (Fsp3) is 0.0833. The highest BCUT2D eigenvalue weighted by atomic mass is 32.1. The third-order valence-corrected chi connectivity index (χ3v) is 5.77. The Hall–Kier alpha value is -4.24. The van der Waals surface area contributed by atoms with Crippen molar-refractivity contribution in [3.8, 4) is 17.1 Å². The van der Waals surface area contributed by atoms with Crippen LogP contribution < -0.4 is 10.6 Å². The van der Waals surface area contributed by atoms with Crippen LogP contribution in [0.1, 0.15) is 23.0 Å². The Kier molecular flexibility index (Phi) is 5.45. The van der Waals surface area contributed by atoms with Crippen molar-refractivity contribution in [3.63, 3.8) is 0 Å². The van der Waals surface area contributed by atoms with Crippen molar-refractivity contribution in [3.05, 3.63) is 83.7 Å². The monoisotopic (exact) mass is 457 g/mol. The van der Waals surface area contributed by atoms with Crippen LogP contribution in [-0.4, -0.2) is 26.3 Å². The van der Waals surface area contributed by atoms with Gasteiger partial charge in [0.1, 0.15) is 17.8 Å². The molecular weight excluding hydrogens is 438 g/mol. The van der Waals surface area contributed by atoms with Crippen LogP contribution in [0, 0.1) is 0 Å². The average molecular weight is 458 g/mol. The Morgan fingerprint density at radius 1 is 1.06 bits per heavy atom. The molecule has 33 heavy (non-hydrogen) atoms. The van der Waals surface area contributed by atoms with E-state index in [1.165, 1.54) is 18.3 Å². The molecule has 2 amide bonds. The van der Waals surface area contributed by atoms with Gasteiger partial charge in [-0.15, -0.1) is 11.3 Å². The van der Waals surface area contributed by atoms with E-state index in [1.54, 1.807) is 30.6 Å². The van der Waals surface area contributed by atoms with E-state index < -0.39 is 0 Å². The van der Waals surface area contributed by atoms with Gasteiger partial charge < -0.3 is 9.73 Å². The zero-order valence-corrected chi connectivity index (χ0v) is 18.4. The molecule has 3 heterocycles. The number of rotatable bonds is 6. The van der Waals surface area contributed by atoms with Crippen LogP contribution in [0.3, 0.4) is 0 Å². The number of hydrogen-bond donors (Lipinski definition) is 2. The van der Waals surface area contributed by atoms with Crippen LogP contribution >= 0.6 is 11.3 Å². The van der Waals surface area contributed by atoms with Gasteiger partial charge >= 0.3 is 0 Å². The van der Waals surface area contributed by atoms with E-state index in [0.29, 0.717) is 34.5 Å². The number of carbonyl (C=O) groups is 2. The quantitative estimate of drug-likeness (QED) is 0.387. The summed E-state index contributed by atoms with van der Waals surface area (Å²) >= 11 is 1.31. The second-order valence-corrected chi connectivity index (χ2v) is 8.18. The SMILES string of the molecule is CC(=O)NCc1ccc(-c2csc(NC(=O)c3ccc(-n4cnc5ccccc54)cc3)n2)o1. The molecule has 164 valence electrons. The number of nitrogens with one attached hydrogen (secondary N) is 2. The number of carbonyl (C=O) groups excluding carboxylic acids is 2. The smallest absolute Gasteiger partial charge is 0.257 e. The maximum absolute atomic E-state index is 12.7. The minimum absolute atomic E-state index is 0.127. The van der Waals surface area contributed by atoms with Gasteiger partial charge in [0.05, 0.1) is 17.6 Å². The molecule has 0 atom stereocenters.